The summed E-state index contributed by atoms with van der Waals surface area (Å²) >= 11 is 0. The van der Waals surface area contributed by atoms with Crippen LogP contribution in [-0.4, -0.2) is 9.46 Å². The van der Waals surface area contributed by atoms with Crippen LogP contribution >= 0.6 is 0 Å². The Labute approximate surface area is 105 Å². The zero-order valence-corrected chi connectivity index (χ0v) is 10.9. The number of benzene rings is 1. The minimum Gasteiger partial charge on any atom is -0.259 e. The molecule has 0 aliphatic heterocycles. The van der Waals surface area contributed by atoms with Gasteiger partial charge in [0.25, 0.3) is 0 Å². The molecule has 0 N–H and O–H groups in total. The maximum absolute atomic E-state index is 12.3. The van der Waals surface area contributed by atoms with Crippen LogP contribution < -0.4 is 0 Å². The van der Waals surface area contributed by atoms with E-state index in [0.29, 0.717) is 5.75 Å². The summed E-state index contributed by atoms with van der Waals surface area (Å²) in [5.74, 6) is 0.588. The van der Waals surface area contributed by atoms with Gasteiger partial charge in [0.05, 0.1) is 17.2 Å². The Morgan fingerprint density at radius 1 is 1.47 bits per heavy atom. The second-order valence-corrected chi connectivity index (χ2v) is 6.37. The molecule has 1 aliphatic carbocycles. The van der Waals surface area contributed by atoms with E-state index in [9.17, 15) is 4.21 Å². The molecule has 0 heterocycles. The third-order valence-electron chi connectivity index (χ3n) is 3.35. The molecular formula is C14H17NOS. The summed E-state index contributed by atoms with van der Waals surface area (Å²) in [7, 11) is -0.907. The zero-order valence-electron chi connectivity index (χ0n) is 10.1. The molecule has 1 aromatic carbocycles. The first-order valence-corrected chi connectivity index (χ1v) is 7.41. The summed E-state index contributed by atoms with van der Waals surface area (Å²) in [5.41, 5.74) is 2.31. The second-order valence-electron chi connectivity index (χ2n) is 4.72. The fourth-order valence-electron chi connectivity index (χ4n) is 2.46. The van der Waals surface area contributed by atoms with Crippen LogP contribution in [0.1, 0.15) is 30.4 Å². The molecule has 1 saturated carbocycles. The number of nitriles is 1. The Morgan fingerprint density at radius 3 is 3.00 bits per heavy atom. The van der Waals surface area contributed by atoms with E-state index in [1.54, 1.807) is 0 Å². The third-order valence-corrected chi connectivity index (χ3v) is 5.20. The van der Waals surface area contributed by atoms with E-state index in [1.165, 1.54) is 5.56 Å². The van der Waals surface area contributed by atoms with Crippen LogP contribution in [0.2, 0.25) is 0 Å². The van der Waals surface area contributed by atoms with Crippen LogP contribution in [0.25, 0.3) is 0 Å². The van der Waals surface area contributed by atoms with Crippen LogP contribution in [0.15, 0.2) is 24.3 Å². The molecule has 2 nitrogen and oxygen atoms in total. The van der Waals surface area contributed by atoms with Gasteiger partial charge in [-0.15, -0.1) is 0 Å². The Hall–Kier alpha value is -1.14. The van der Waals surface area contributed by atoms with Crippen LogP contribution in [-0.2, 0) is 16.6 Å². The fraction of sp³-hybridized carbons (Fsp3) is 0.500. The number of aryl methyl sites for hydroxylation is 1. The Kier molecular flexibility index (Phi) is 3.96. The highest BCUT2D eigenvalue weighted by atomic mass is 32.2. The van der Waals surface area contributed by atoms with Crippen molar-refractivity contribution in [1.29, 1.82) is 5.26 Å². The molecule has 0 spiro atoms. The predicted molar refractivity (Wildman–Crippen MR) is 69.8 cm³/mol. The van der Waals surface area contributed by atoms with Crippen molar-refractivity contribution in [2.75, 3.05) is 0 Å². The van der Waals surface area contributed by atoms with Gasteiger partial charge in [0.1, 0.15) is 0 Å². The molecule has 3 unspecified atom stereocenters. The molecule has 0 radical (unpaired) electrons. The number of hydrogen-bond acceptors (Lipinski definition) is 2. The van der Waals surface area contributed by atoms with Crippen molar-refractivity contribution in [3.05, 3.63) is 35.4 Å². The average Bonchev–Trinajstić information content (AvgIpc) is 2.77. The lowest BCUT2D eigenvalue weighted by atomic mass is 10.1. The molecule has 0 aromatic heterocycles. The van der Waals surface area contributed by atoms with E-state index in [4.69, 9.17) is 5.26 Å². The molecular weight excluding hydrogens is 230 g/mol. The maximum atomic E-state index is 12.3. The highest BCUT2D eigenvalue weighted by molar-refractivity contribution is 7.84. The average molecular weight is 247 g/mol. The molecule has 17 heavy (non-hydrogen) atoms. The van der Waals surface area contributed by atoms with Crippen molar-refractivity contribution in [3.8, 4) is 6.07 Å². The smallest absolute Gasteiger partial charge is 0.0668 e. The third kappa shape index (κ3) is 2.95. The number of nitrogens with zero attached hydrogens (tertiary/aromatic N) is 1. The van der Waals surface area contributed by atoms with Gasteiger partial charge in [0, 0.05) is 16.6 Å². The highest BCUT2D eigenvalue weighted by Gasteiger charge is 2.31. The van der Waals surface area contributed by atoms with Crippen LogP contribution in [0.5, 0.6) is 0 Å². The zero-order chi connectivity index (χ0) is 12.3. The van der Waals surface area contributed by atoms with Gasteiger partial charge in [0.15, 0.2) is 0 Å². The lowest BCUT2D eigenvalue weighted by Gasteiger charge is -2.13. The standard InChI is InChI=1S/C14H17NOS/c1-11-4-2-5-12(8-11)10-17(16)14-7-3-6-13(14)9-15/h2,4-5,8,13-14H,3,6-7,10H2,1H3. The fourth-order valence-corrected chi connectivity index (χ4v) is 4.18. The second kappa shape index (κ2) is 5.46. The summed E-state index contributed by atoms with van der Waals surface area (Å²) in [4.78, 5) is 0. The predicted octanol–water partition coefficient (Wildman–Crippen LogP) is 2.94. The minimum absolute atomic E-state index is 0.000595. The Morgan fingerprint density at radius 2 is 2.29 bits per heavy atom. The van der Waals surface area contributed by atoms with Crippen LogP contribution in [0.4, 0.5) is 0 Å². The van der Waals surface area contributed by atoms with Gasteiger partial charge in [-0.2, -0.15) is 5.26 Å². The molecule has 0 bridgehead atoms. The normalized spacial score (nSPS) is 25.4. The molecule has 3 atom stereocenters. The minimum atomic E-state index is -0.907. The van der Waals surface area contributed by atoms with Crippen molar-refractivity contribution in [2.24, 2.45) is 5.92 Å². The van der Waals surface area contributed by atoms with E-state index < -0.39 is 10.8 Å². The van der Waals surface area contributed by atoms with E-state index in [0.717, 1.165) is 24.8 Å². The Balaban J connectivity index is 2.04. The van der Waals surface area contributed by atoms with Gasteiger partial charge in [-0.05, 0) is 25.3 Å². The van der Waals surface area contributed by atoms with Crippen LogP contribution in [0.3, 0.4) is 0 Å². The first kappa shape index (κ1) is 12.3. The van der Waals surface area contributed by atoms with Gasteiger partial charge in [0.2, 0.25) is 0 Å². The molecule has 90 valence electrons. The molecule has 0 saturated heterocycles. The topological polar surface area (TPSA) is 40.9 Å². The number of hydrogen-bond donors (Lipinski definition) is 0. The molecule has 1 fully saturated rings. The summed E-state index contributed by atoms with van der Waals surface area (Å²) in [5, 5.41) is 9.09. The van der Waals surface area contributed by atoms with Gasteiger partial charge in [-0.25, -0.2) is 0 Å². The van der Waals surface area contributed by atoms with Crippen molar-refractivity contribution in [2.45, 2.75) is 37.2 Å². The van der Waals surface area contributed by atoms with Gasteiger partial charge in [-0.3, -0.25) is 4.21 Å². The van der Waals surface area contributed by atoms with Gasteiger partial charge >= 0.3 is 0 Å². The number of rotatable bonds is 3. The first-order valence-electron chi connectivity index (χ1n) is 6.03. The summed E-state index contributed by atoms with van der Waals surface area (Å²) in [6, 6.07) is 10.4. The van der Waals surface area contributed by atoms with Crippen molar-refractivity contribution in [1.82, 2.24) is 0 Å². The van der Waals surface area contributed by atoms with Gasteiger partial charge < -0.3 is 0 Å². The largest absolute Gasteiger partial charge is 0.259 e. The maximum Gasteiger partial charge on any atom is 0.0668 e. The molecule has 1 aliphatic rings. The first-order chi connectivity index (χ1) is 8.20. The molecule has 2 rings (SSSR count). The molecule has 1 aromatic rings. The summed E-state index contributed by atoms with van der Waals surface area (Å²) in [6.45, 7) is 2.04. The SMILES string of the molecule is Cc1cccc(CS(=O)C2CCCC2C#N)c1. The monoisotopic (exact) mass is 247 g/mol. The Bertz CT molecular complexity index is 464. The van der Waals surface area contributed by atoms with Crippen molar-refractivity contribution in [3.63, 3.8) is 0 Å². The van der Waals surface area contributed by atoms with E-state index in [-0.39, 0.29) is 11.2 Å². The lowest BCUT2D eigenvalue weighted by molar-refractivity contribution is 0.645. The van der Waals surface area contributed by atoms with Gasteiger partial charge in [-0.1, -0.05) is 36.2 Å². The van der Waals surface area contributed by atoms with Crippen LogP contribution in [0, 0.1) is 24.2 Å². The molecule has 3 heteroatoms. The molecule has 0 amide bonds. The summed E-state index contributed by atoms with van der Waals surface area (Å²) in [6.07, 6.45) is 2.90. The summed E-state index contributed by atoms with van der Waals surface area (Å²) < 4.78 is 12.3. The lowest BCUT2D eigenvalue weighted by Crippen LogP contribution is -2.20. The van der Waals surface area contributed by atoms with Crippen molar-refractivity contribution < 1.29 is 4.21 Å². The quantitative estimate of drug-likeness (QED) is 0.824. The van der Waals surface area contributed by atoms with Crippen molar-refractivity contribution >= 4 is 10.8 Å². The highest BCUT2D eigenvalue weighted by Crippen LogP contribution is 2.30. The van der Waals surface area contributed by atoms with E-state index >= 15 is 0 Å². The van der Waals surface area contributed by atoms with E-state index in [1.807, 2.05) is 25.1 Å². The van der Waals surface area contributed by atoms with E-state index in [2.05, 4.69) is 12.1 Å².